The van der Waals surface area contributed by atoms with Crippen LogP contribution in [0.5, 0.6) is 0 Å². The largest absolute Gasteiger partial charge is 0.459 e. The number of nitrogens with two attached hydrogens (primary N) is 1. The molecule has 0 fully saturated rings. The summed E-state index contributed by atoms with van der Waals surface area (Å²) < 4.78 is 11.7. The molecule has 2 aromatic rings. The fraction of sp³-hybridized carbons (Fsp3) is 0.467. The first-order valence-electron chi connectivity index (χ1n) is 6.40. The lowest BCUT2D eigenvalue weighted by Crippen LogP contribution is -2.23. The third-order valence-electron chi connectivity index (χ3n) is 3.43. The van der Waals surface area contributed by atoms with E-state index in [-0.39, 0.29) is 5.60 Å². The molecule has 0 radical (unpaired) electrons. The molecule has 1 aromatic carbocycles. The fourth-order valence-corrected chi connectivity index (χ4v) is 1.84. The van der Waals surface area contributed by atoms with Gasteiger partial charge in [0.1, 0.15) is 11.3 Å². The number of fused-ring (bicyclic) bond motifs is 1. The Morgan fingerprint density at radius 3 is 2.67 bits per heavy atom. The van der Waals surface area contributed by atoms with Gasteiger partial charge in [0, 0.05) is 10.9 Å². The van der Waals surface area contributed by atoms with Crippen molar-refractivity contribution in [2.24, 2.45) is 5.73 Å². The smallest absolute Gasteiger partial charge is 0.134 e. The van der Waals surface area contributed by atoms with E-state index in [4.69, 9.17) is 14.9 Å². The van der Waals surface area contributed by atoms with Crippen LogP contribution in [0.15, 0.2) is 28.7 Å². The summed E-state index contributed by atoms with van der Waals surface area (Å²) in [5, 5.41) is 1.10. The van der Waals surface area contributed by atoms with Crippen LogP contribution in [-0.2, 0) is 17.9 Å². The first kappa shape index (κ1) is 13.1. The zero-order valence-electron chi connectivity index (χ0n) is 11.3. The Kier molecular flexibility index (Phi) is 3.73. The Hall–Kier alpha value is -1.32. The zero-order chi connectivity index (χ0) is 13.2. The average Bonchev–Trinajstić information content (AvgIpc) is 2.74. The van der Waals surface area contributed by atoms with E-state index in [1.54, 1.807) is 0 Å². The Balaban J connectivity index is 2.31. The normalized spacial score (nSPS) is 12.2. The van der Waals surface area contributed by atoms with Gasteiger partial charge in [0.05, 0.1) is 18.8 Å². The maximum absolute atomic E-state index is 5.96. The summed E-state index contributed by atoms with van der Waals surface area (Å²) in [5.41, 5.74) is 7.58. The van der Waals surface area contributed by atoms with Crippen LogP contribution in [0.25, 0.3) is 11.0 Å². The van der Waals surface area contributed by atoms with E-state index in [9.17, 15) is 0 Å². The van der Waals surface area contributed by atoms with Crippen molar-refractivity contribution >= 4 is 11.0 Å². The van der Waals surface area contributed by atoms with Gasteiger partial charge in [-0.05, 0) is 26.3 Å². The summed E-state index contributed by atoms with van der Waals surface area (Å²) in [7, 11) is 0. The van der Waals surface area contributed by atoms with Gasteiger partial charge in [-0.15, -0.1) is 0 Å². The molecule has 0 saturated carbocycles. The van der Waals surface area contributed by atoms with Crippen molar-refractivity contribution in [2.45, 2.75) is 45.9 Å². The first-order valence-corrected chi connectivity index (χ1v) is 6.40. The Labute approximate surface area is 108 Å². The van der Waals surface area contributed by atoms with Crippen LogP contribution in [0.4, 0.5) is 0 Å². The second-order valence-corrected chi connectivity index (χ2v) is 5.11. The molecular formula is C15H21NO2. The Morgan fingerprint density at radius 2 is 2.00 bits per heavy atom. The molecular weight excluding hydrogens is 226 g/mol. The number of para-hydroxylation sites is 1. The molecule has 3 nitrogen and oxygen atoms in total. The molecule has 3 heteroatoms. The standard InChI is InChI=1S/C15H21NO2/c1-4-15(2,3)17-10-12-11-7-5-6-8-13(11)18-14(12)9-16/h5-8H,4,9-10,16H2,1-3H3. The van der Waals surface area contributed by atoms with E-state index in [0.29, 0.717) is 13.2 Å². The predicted molar refractivity (Wildman–Crippen MR) is 73.3 cm³/mol. The van der Waals surface area contributed by atoms with Crippen molar-refractivity contribution in [2.75, 3.05) is 0 Å². The van der Waals surface area contributed by atoms with Gasteiger partial charge in [0.15, 0.2) is 0 Å². The highest BCUT2D eigenvalue weighted by molar-refractivity contribution is 5.82. The second-order valence-electron chi connectivity index (χ2n) is 5.11. The third-order valence-corrected chi connectivity index (χ3v) is 3.43. The maximum atomic E-state index is 5.96. The molecule has 0 aliphatic carbocycles. The lowest BCUT2D eigenvalue weighted by atomic mass is 10.1. The van der Waals surface area contributed by atoms with Crippen LogP contribution >= 0.6 is 0 Å². The zero-order valence-corrected chi connectivity index (χ0v) is 11.3. The van der Waals surface area contributed by atoms with E-state index in [1.807, 2.05) is 18.2 Å². The van der Waals surface area contributed by atoms with Crippen molar-refractivity contribution in [1.82, 2.24) is 0 Å². The van der Waals surface area contributed by atoms with E-state index in [1.165, 1.54) is 0 Å². The maximum Gasteiger partial charge on any atom is 0.134 e. The number of ether oxygens (including phenoxy) is 1. The predicted octanol–water partition coefficient (Wildman–Crippen LogP) is 3.60. The monoisotopic (exact) mass is 247 g/mol. The van der Waals surface area contributed by atoms with Crippen molar-refractivity contribution in [3.63, 3.8) is 0 Å². The van der Waals surface area contributed by atoms with Crippen LogP contribution in [0.2, 0.25) is 0 Å². The van der Waals surface area contributed by atoms with Crippen LogP contribution < -0.4 is 5.73 Å². The van der Waals surface area contributed by atoms with Crippen LogP contribution in [0, 0.1) is 0 Å². The number of furan rings is 1. The molecule has 0 saturated heterocycles. The molecule has 98 valence electrons. The molecule has 0 amide bonds. The van der Waals surface area contributed by atoms with E-state index in [0.717, 1.165) is 28.7 Å². The van der Waals surface area contributed by atoms with E-state index in [2.05, 4.69) is 26.8 Å². The van der Waals surface area contributed by atoms with Crippen molar-refractivity contribution in [3.8, 4) is 0 Å². The third kappa shape index (κ3) is 2.57. The fourth-order valence-electron chi connectivity index (χ4n) is 1.84. The SMILES string of the molecule is CCC(C)(C)OCc1c(CN)oc2ccccc12. The Bertz CT molecular complexity index is 528. The molecule has 2 N–H and O–H groups in total. The molecule has 0 spiro atoms. The molecule has 2 rings (SSSR count). The molecule has 1 aromatic heterocycles. The second kappa shape index (κ2) is 5.12. The average molecular weight is 247 g/mol. The summed E-state index contributed by atoms with van der Waals surface area (Å²) in [5.74, 6) is 0.822. The Morgan fingerprint density at radius 1 is 1.28 bits per heavy atom. The number of hydrogen-bond acceptors (Lipinski definition) is 3. The van der Waals surface area contributed by atoms with Crippen LogP contribution in [0.3, 0.4) is 0 Å². The minimum atomic E-state index is -0.121. The van der Waals surface area contributed by atoms with Gasteiger partial charge in [-0.3, -0.25) is 0 Å². The first-order chi connectivity index (χ1) is 8.57. The lowest BCUT2D eigenvalue weighted by molar-refractivity contribution is -0.0317. The molecule has 0 aliphatic rings. The van der Waals surface area contributed by atoms with E-state index >= 15 is 0 Å². The lowest BCUT2D eigenvalue weighted by Gasteiger charge is -2.23. The van der Waals surface area contributed by atoms with Gasteiger partial charge >= 0.3 is 0 Å². The highest BCUT2D eigenvalue weighted by Crippen LogP contribution is 2.28. The minimum Gasteiger partial charge on any atom is -0.459 e. The van der Waals surface area contributed by atoms with Crippen LogP contribution in [0.1, 0.15) is 38.5 Å². The summed E-state index contributed by atoms with van der Waals surface area (Å²) in [6.45, 7) is 7.26. The number of hydrogen-bond donors (Lipinski definition) is 1. The van der Waals surface area contributed by atoms with Gasteiger partial charge in [-0.1, -0.05) is 25.1 Å². The summed E-state index contributed by atoms with van der Waals surface area (Å²) >= 11 is 0. The number of rotatable bonds is 5. The van der Waals surface area contributed by atoms with Crippen molar-refractivity contribution in [3.05, 3.63) is 35.6 Å². The van der Waals surface area contributed by atoms with Crippen molar-refractivity contribution in [1.29, 1.82) is 0 Å². The quantitative estimate of drug-likeness (QED) is 0.878. The minimum absolute atomic E-state index is 0.121. The van der Waals surface area contributed by atoms with Crippen LogP contribution in [-0.4, -0.2) is 5.60 Å². The van der Waals surface area contributed by atoms with Gasteiger partial charge in [-0.2, -0.15) is 0 Å². The molecule has 0 unspecified atom stereocenters. The number of benzene rings is 1. The van der Waals surface area contributed by atoms with Gasteiger partial charge in [0.2, 0.25) is 0 Å². The van der Waals surface area contributed by atoms with Gasteiger partial charge in [0.25, 0.3) is 0 Å². The summed E-state index contributed by atoms with van der Waals surface area (Å²) in [6.07, 6.45) is 0.973. The molecule has 0 atom stereocenters. The van der Waals surface area contributed by atoms with Crippen molar-refractivity contribution < 1.29 is 9.15 Å². The van der Waals surface area contributed by atoms with Gasteiger partial charge < -0.3 is 14.9 Å². The molecule has 18 heavy (non-hydrogen) atoms. The van der Waals surface area contributed by atoms with E-state index < -0.39 is 0 Å². The highest BCUT2D eigenvalue weighted by atomic mass is 16.5. The molecule has 0 bridgehead atoms. The summed E-state index contributed by atoms with van der Waals surface area (Å²) in [4.78, 5) is 0. The topological polar surface area (TPSA) is 48.4 Å². The summed E-state index contributed by atoms with van der Waals surface area (Å²) in [6, 6.07) is 7.98. The van der Waals surface area contributed by atoms with Gasteiger partial charge in [-0.25, -0.2) is 0 Å². The molecule has 1 heterocycles. The molecule has 0 aliphatic heterocycles. The highest BCUT2D eigenvalue weighted by Gasteiger charge is 2.19.